The predicted octanol–water partition coefficient (Wildman–Crippen LogP) is 2.40. The maximum absolute atomic E-state index is 12.5. The highest BCUT2D eigenvalue weighted by atomic mass is 16.5. The number of aromatic nitrogens is 2. The molecular weight excluding hydrogens is 254 g/mol. The molecule has 5 nitrogen and oxygen atoms in total. The monoisotopic (exact) mass is 271 g/mol. The van der Waals surface area contributed by atoms with Crippen LogP contribution in [0.2, 0.25) is 0 Å². The molecule has 3 rings (SSSR count). The summed E-state index contributed by atoms with van der Waals surface area (Å²) in [6.45, 7) is 0.771. The summed E-state index contributed by atoms with van der Waals surface area (Å²) in [5, 5.41) is 6.54. The minimum absolute atomic E-state index is 0.0205. The lowest BCUT2D eigenvalue weighted by Crippen LogP contribution is -2.30. The van der Waals surface area contributed by atoms with Gasteiger partial charge in [-0.2, -0.15) is 5.10 Å². The Morgan fingerprint density at radius 2 is 2.30 bits per heavy atom. The van der Waals surface area contributed by atoms with Crippen LogP contribution < -0.4 is 4.74 Å². The number of hydrogen-bond donors (Lipinski definition) is 1. The van der Waals surface area contributed by atoms with Crippen molar-refractivity contribution in [1.82, 2.24) is 15.1 Å². The summed E-state index contributed by atoms with van der Waals surface area (Å²) < 4.78 is 5.42. The van der Waals surface area contributed by atoms with Gasteiger partial charge in [0.2, 0.25) is 0 Å². The molecule has 0 saturated carbocycles. The van der Waals surface area contributed by atoms with Crippen LogP contribution in [0, 0.1) is 0 Å². The Bertz CT molecular complexity index is 595. The maximum Gasteiger partial charge on any atom is 0.257 e. The number of carbonyl (C=O) groups excluding carboxylic acids is 1. The van der Waals surface area contributed by atoms with Crippen molar-refractivity contribution < 1.29 is 9.53 Å². The lowest BCUT2D eigenvalue weighted by atomic mass is 10.0. The standard InChI is InChI=1S/C15H17N3O2/c1-20-14-7-3-2-5-12(14)13-6-4-8-18(13)15(19)11-9-16-17-10-11/h2-3,5,7,9-10,13H,4,6,8H2,1H3,(H,16,17). The molecule has 5 heteroatoms. The lowest BCUT2D eigenvalue weighted by molar-refractivity contribution is 0.0734. The normalized spacial score (nSPS) is 18.2. The van der Waals surface area contributed by atoms with E-state index in [9.17, 15) is 4.79 Å². The summed E-state index contributed by atoms with van der Waals surface area (Å²) in [7, 11) is 1.66. The first kappa shape index (κ1) is 12.7. The summed E-state index contributed by atoms with van der Waals surface area (Å²) in [5.74, 6) is 0.858. The highest BCUT2D eigenvalue weighted by molar-refractivity contribution is 5.94. The second kappa shape index (κ2) is 5.36. The molecule has 104 valence electrons. The number of methoxy groups -OCH3 is 1. The first-order valence-corrected chi connectivity index (χ1v) is 6.74. The second-order valence-electron chi connectivity index (χ2n) is 4.89. The zero-order valence-corrected chi connectivity index (χ0v) is 11.4. The van der Waals surface area contributed by atoms with Gasteiger partial charge in [0.05, 0.1) is 24.9 Å². The van der Waals surface area contributed by atoms with Crippen molar-refractivity contribution in [1.29, 1.82) is 0 Å². The molecule has 1 aliphatic heterocycles. The number of nitrogens with zero attached hydrogens (tertiary/aromatic N) is 2. The van der Waals surface area contributed by atoms with Gasteiger partial charge >= 0.3 is 0 Å². The van der Waals surface area contributed by atoms with E-state index in [-0.39, 0.29) is 11.9 Å². The van der Waals surface area contributed by atoms with E-state index in [4.69, 9.17) is 4.74 Å². The Labute approximate surface area is 117 Å². The Balaban J connectivity index is 1.91. The molecule has 1 unspecified atom stereocenters. The number of carbonyl (C=O) groups is 1. The smallest absolute Gasteiger partial charge is 0.257 e. The summed E-state index contributed by atoms with van der Waals surface area (Å²) in [5.41, 5.74) is 1.68. The zero-order chi connectivity index (χ0) is 13.9. The number of amides is 1. The molecule has 1 amide bonds. The molecule has 1 aliphatic rings. The van der Waals surface area contributed by atoms with E-state index in [1.807, 2.05) is 29.2 Å². The number of para-hydroxylation sites is 1. The largest absolute Gasteiger partial charge is 0.496 e. The topological polar surface area (TPSA) is 58.2 Å². The molecule has 2 aromatic rings. The Morgan fingerprint density at radius 1 is 1.45 bits per heavy atom. The number of H-pyrrole nitrogens is 1. The molecular formula is C15H17N3O2. The van der Waals surface area contributed by atoms with E-state index in [2.05, 4.69) is 10.2 Å². The van der Waals surface area contributed by atoms with Crippen LogP contribution >= 0.6 is 0 Å². The average Bonchev–Trinajstić information content (AvgIpc) is 3.17. The van der Waals surface area contributed by atoms with Crippen LogP contribution in [0.4, 0.5) is 0 Å². The molecule has 0 radical (unpaired) electrons. The molecule has 1 aromatic heterocycles. The summed E-state index contributed by atoms with van der Waals surface area (Å²) in [6.07, 6.45) is 5.18. The van der Waals surface area contributed by atoms with Crippen molar-refractivity contribution in [2.45, 2.75) is 18.9 Å². The van der Waals surface area contributed by atoms with Gasteiger partial charge in [0, 0.05) is 18.3 Å². The van der Waals surface area contributed by atoms with E-state index < -0.39 is 0 Å². The van der Waals surface area contributed by atoms with Gasteiger partial charge in [0.15, 0.2) is 0 Å². The molecule has 0 spiro atoms. The van der Waals surface area contributed by atoms with Gasteiger partial charge in [0.1, 0.15) is 5.75 Å². The lowest BCUT2D eigenvalue weighted by Gasteiger charge is -2.25. The highest BCUT2D eigenvalue weighted by Gasteiger charge is 2.32. The van der Waals surface area contributed by atoms with Crippen molar-refractivity contribution in [3.63, 3.8) is 0 Å². The Kier molecular flexibility index (Phi) is 3.41. The first-order valence-electron chi connectivity index (χ1n) is 6.74. The van der Waals surface area contributed by atoms with Gasteiger partial charge in [-0.25, -0.2) is 0 Å². The third kappa shape index (κ3) is 2.15. The van der Waals surface area contributed by atoms with Crippen molar-refractivity contribution >= 4 is 5.91 Å². The van der Waals surface area contributed by atoms with Crippen LogP contribution in [0.25, 0.3) is 0 Å². The van der Waals surface area contributed by atoms with E-state index in [0.717, 1.165) is 30.7 Å². The third-order valence-corrected chi connectivity index (χ3v) is 3.76. The fraction of sp³-hybridized carbons (Fsp3) is 0.333. The minimum atomic E-state index is 0.0205. The fourth-order valence-electron chi connectivity index (χ4n) is 2.81. The minimum Gasteiger partial charge on any atom is -0.496 e. The average molecular weight is 271 g/mol. The van der Waals surface area contributed by atoms with Crippen molar-refractivity contribution in [3.8, 4) is 5.75 Å². The highest BCUT2D eigenvalue weighted by Crippen LogP contribution is 2.37. The van der Waals surface area contributed by atoms with Crippen molar-refractivity contribution in [2.24, 2.45) is 0 Å². The summed E-state index contributed by atoms with van der Waals surface area (Å²) in [4.78, 5) is 14.4. The molecule has 0 aliphatic carbocycles. The summed E-state index contributed by atoms with van der Waals surface area (Å²) in [6, 6.07) is 7.98. The maximum atomic E-state index is 12.5. The van der Waals surface area contributed by atoms with Gasteiger partial charge in [-0.15, -0.1) is 0 Å². The molecule has 1 fully saturated rings. The molecule has 1 saturated heterocycles. The molecule has 1 N–H and O–H groups in total. The van der Waals surface area contributed by atoms with Crippen LogP contribution in [-0.2, 0) is 0 Å². The van der Waals surface area contributed by atoms with Crippen LogP contribution in [0.15, 0.2) is 36.7 Å². The molecule has 20 heavy (non-hydrogen) atoms. The van der Waals surface area contributed by atoms with E-state index in [0.29, 0.717) is 5.56 Å². The zero-order valence-electron chi connectivity index (χ0n) is 11.4. The van der Waals surface area contributed by atoms with E-state index in [1.54, 1.807) is 19.5 Å². The van der Waals surface area contributed by atoms with Crippen LogP contribution in [0.5, 0.6) is 5.75 Å². The molecule has 0 bridgehead atoms. The van der Waals surface area contributed by atoms with Gasteiger partial charge in [-0.05, 0) is 18.9 Å². The SMILES string of the molecule is COc1ccccc1C1CCCN1C(=O)c1cn[nH]c1. The number of benzene rings is 1. The molecule has 1 atom stereocenters. The number of hydrogen-bond acceptors (Lipinski definition) is 3. The van der Waals surface area contributed by atoms with Crippen molar-refractivity contribution in [3.05, 3.63) is 47.8 Å². The van der Waals surface area contributed by atoms with Gasteiger partial charge in [-0.1, -0.05) is 18.2 Å². The second-order valence-corrected chi connectivity index (χ2v) is 4.89. The molecule has 1 aromatic carbocycles. The van der Waals surface area contributed by atoms with Gasteiger partial charge < -0.3 is 9.64 Å². The van der Waals surface area contributed by atoms with Crippen LogP contribution in [0.1, 0.15) is 34.8 Å². The first-order chi connectivity index (χ1) is 9.81. The Morgan fingerprint density at radius 3 is 3.05 bits per heavy atom. The predicted molar refractivity (Wildman–Crippen MR) is 74.6 cm³/mol. The van der Waals surface area contributed by atoms with Crippen molar-refractivity contribution in [2.75, 3.05) is 13.7 Å². The molecule has 2 heterocycles. The Hall–Kier alpha value is -2.30. The number of ether oxygens (including phenoxy) is 1. The number of aromatic amines is 1. The quantitative estimate of drug-likeness (QED) is 0.932. The summed E-state index contributed by atoms with van der Waals surface area (Å²) >= 11 is 0. The number of rotatable bonds is 3. The third-order valence-electron chi connectivity index (χ3n) is 3.76. The van der Waals surface area contributed by atoms with Gasteiger partial charge in [0.25, 0.3) is 5.91 Å². The van der Waals surface area contributed by atoms with Crippen LogP contribution in [0.3, 0.4) is 0 Å². The van der Waals surface area contributed by atoms with Gasteiger partial charge in [-0.3, -0.25) is 9.89 Å². The number of likely N-dealkylation sites (tertiary alicyclic amines) is 1. The van der Waals surface area contributed by atoms with Crippen LogP contribution in [-0.4, -0.2) is 34.7 Å². The van der Waals surface area contributed by atoms with E-state index >= 15 is 0 Å². The number of nitrogens with one attached hydrogen (secondary N) is 1. The fourth-order valence-corrected chi connectivity index (χ4v) is 2.81. The van der Waals surface area contributed by atoms with E-state index in [1.165, 1.54) is 0 Å².